The van der Waals surface area contributed by atoms with Gasteiger partial charge in [0.1, 0.15) is 30.5 Å². The topological polar surface area (TPSA) is 116 Å². The summed E-state index contributed by atoms with van der Waals surface area (Å²) < 4.78 is 11.2. The fraction of sp³-hybridized carbons (Fsp3) is 0.974. The van der Waals surface area contributed by atoms with E-state index in [9.17, 15) is 25.2 Å². The standard InChI is InChI=1S/C38H74O7/c1-3-5-7-9-11-13-15-17-19-20-22-24-26-28-30-32(37-35(41)34(40)36(42)38(43)45-37)44-33(39)31-29-27-25-23-21-18-16-14-12-10-8-6-4-2/h32,34-38,40-43H,3-31H2,1-2H3/t32?,34-,35-,36+,37+,38+/m0/s1. The second kappa shape index (κ2) is 29.4. The summed E-state index contributed by atoms with van der Waals surface area (Å²) in [6, 6.07) is 0. The number of esters is 1. The Morgan fingerprint density at radius 2 is 0.867 bits per heavy atom. The lowest BCUT2D eigenvalue weighted by Crippen LogP contribution is -2.61. The number of ether oxygens (including phenoxy) is 2. The highest BCUT2D eigenvalue weighted by Gasteiger charge is 2.47. The Morgan fingerprint density at radius 1 is 0.511 bits per heavy atom. The molecule has 0 saturated carbocycles. The van der Waals surface area contributed by atoms with Crippen LogP contribution in [-0.2, 0) is 14.3 Å². The van der Waals surface area contributed by atoms with Gasteiger partial charge in [0.2, 0.25) is 0 Å². The van der Waals surface area contributed by atoms with E-state index in [1.165, 1.54) is 135 Å². The summed E-state index contributed by atoms with van der Waals surface area (Å²) in [5.41, 5.74) is 0. The molecule has 0 aromatic carbocycles. The Kier molecular flexibility index (Phi) is 27.6. The Morgan fingerprint density at radius 3 is 1.27 bits per heavy atom. The Labute approximate surface area is 277 Å². The van der Waals surface area contributed by atoms with Crippen LogP contribution in [0.15, 0.2) is 0 Å². The predicted octanol–water partition coefficient (Wildman–Crippen LogP) is 9.05. The Bertz CT molecular complexity index is 660. The van der Waals surface area contributed by atoms with Gasteiger partial charge in [-0.1, -0.05) is 174 Å². The molecule has 1 heterocycles. The van der Waals surface area contributed by atoms with Crippen LogP contribution in [0.2, 0.25) is 0 Å². The summed E-state index contributed by atoms with van der Waals surface area (Å²) in [5, 5.41) is 40.8. The molecule has 7 heteroatoms. The zero-order valence-corrected chi connectivity index (χ0v) is 29.5. The maximum atomic E-state index is 12.7. The van der Waals surface area contributed by atoms with Crippen molar-refractivity contribution in [2.24, 2.45) is 0 Å². The molecule has 0 bridgehead atoms. The summed E-state index contributed by atoms with van der Waals surface area (Å²) in [6.45, 7) is 4.51. The number of hydrogen-bond donors (Lipinski definition) is 4. The average Bonchev–Trinajstić information content (AvgIpc) is 3.03. The van der Waals surface area contributed by atoms with Crippen molar-refractivity contribution in [1.82, 2.24) is 0 Å². The lowest BCUT2D eigenvalue weighted by Gasteiger charge is -2.41. The molecule has 1 saturated heterocycles. The van der Waals surface area contributed by atoms with Gasteiger partial charge in [0, 0.05) is 6.42 Å². The van der Waals surface area contributed by atoms with E-state index in [1.54, 1.807) is 0 Å². The van der Waals surface area contributed by atoms with Crippen LogP contribution in [0.3, 0.4) is 0 Å². The van der Waals surface area contributed by atoms with Gasteiger partial charge in [-0.3, -0.25) is 4.79 Å². The first-order valence-corrected chi connectivity index (χ1v) is 19.5. The molecule has 1 unspecified atom stereocenters. The minimum absolute atomic E-state index is 0.309. The summed E-state index contributed by atoms with van der Waals surface area (Å²) in [5.74, 6) is -0.334. The minimum Gasteiger partial charge on any atom is -0.459 e. The van der Waals surface area contributed by atoms with E-state index in [0.29, 0.717) is 12.8 Å². The number of aliphatic hydroxyl groups is 4. The molecule has 1 aliphatic heterocycles. The summed E-state index contributed by atoms with van der Waals surface area (Å²) >= 11 is 0. The van der Waals surface area contributed by atoms with E-state index in [-0.39, 0.29) is 5.97 Å². The van der Waals surface area contributed by atoms with Gasteiger partial charge in [0.15, 0.2) is 6.29 Å². The second-order valence-corrected chi connectivity index (χ2v) is 13.9. The van der Waals surface area contributed by atoms with Gasteiger partial charge in [-0.25, -0.2) is 0 Å². The fourth-order valence-electron chi connectivity index (χ4n) is 6.54. The lowest BCUT2D eigenvalue weighted by atomic mass is 9.92. The minimum atomic E-state index is -1.63. The SMILES string of the molecule is CCCCCCCCCCCCCCCCC(OC(=O)CCCCCCCCCCCCCCC)[C@H]1O[C@@H](O)[C@H](O)[C@@H](O)[C@@H]1O. The molecule has 0 aromatic heterocycles. The zero-order valence-electron chi connectivity index (χ0n) is 29.5. The molecule has 0 radical (unpaired) electrons. The van der Waals surface area contributed by atoms with Gasteiger partial charge >= 0.3 is 5.97 Å². The second-order valence-electron chi connectivity index (χ2n) is 13.9. The maximum absolute atomic E-state index is 12.7. The molecule has 6 atom stereocenters. The van der Waals surface area contributed by atoms with Crippen LogP contribution in [0.1, 0.15) is 200 Å². The quantitative estimate of drug-likeness (QED) is 0.0440. The molecule has 0 aromatic rings. The first-order valence-electron chi connectivity index (χ1n) is 19.5. The fourth-order valence-corrected chi connectivity index (χ4v) is 6.54. The van der Waals surface area contributed by atoms with Gasteiger partial charge < -0.3 is 29.9 Å². The summed E-state index contributed by atoms with van der Waals surface area (Å²) in [7, 11) is 0. The molecular formula is C38H74O7. The third-order valence-electron chi connectivity index (χ3n) is 9.60. The van der Waals surface area contributed by atoms with Crippen molar-refractivity contribution in [3.63, 3.8) is 0 Å². The number of aliphatic hydroxyl groups excluding tert-OH is 4. The number of rotatable bonds is 31. The van der Waals surface area contributed by atoms with Crippen molar-refractivity contribution in [3.05, 3.63) is 0 Å². The van der Waals surface area contributed by atoms with Gasteiger partial charge in [0.05, 0.1) is 0 Å². The van der Waals surface area contributed by atoms with E-state index in [4.69, 9.17) is 9.47 Å². The third-order valence-corrected chi connectivity index (χ3v) is 9.60. The van der Waals surface area contributed by atoms with Crippen LogP contribution in [0, 0.1) is 0 Å². The zero-order chi connectivity index (χ0) is 33.0. The van der Waals surface area contributed by atoms with Crippen molar-refractivity contribution in [1.29, 1.82) is 0 Å². The number of unbranched alkanes of at least 4 members (excludes halogenated alkanes) is 25. The van der Waals surface area contributed by atoms with Crippen LogP contribution in [0.4, 0.5) is 0 Å². The van der Waals surface area contributed by atoms with E-state index in [2.05, 4.69) is 13.8 Å². The molecule has 7 nitrogen and oxygen atoms in total. The normalized spacial score (nSPS) is 22.5. The van der Waals surface area contributed by atoms with Crippen LogP contribution < -0.4 is 0 Å². The Hall–Kier alpha value is -0.730. The molecule has 1 aliphatic rings. The largest absolute Gasteiger partial charge is 0.459 e. The predicted molar refractivity (Wildman–Crippen MR) is 184 cm³/mol. The van der Waals surface area contributed by atoms with Gasteiger partial charge in [-0.15, -0.1) is 0 Å². The van der Waals surface area contributed by atoms with Crippen molar-refractivity contribution >= 4 is 5.97 Å². The number of carbonyl (C=O) groups excluding carboxylic acids is 1. The summed E-state index contributed by atoms with van der Waals surface area (Å²) in [6.07, 6.45) is 26.2. The van der Waals surface area contributed by atoms with Crippen LogP contribution in [0.5, 0.6) is 0 Å². The lowest BCUT2D eigenvalue weighted by molar-refractivity contribution is -0.298. The van der Waals surface area contributed by atoms with E-state index >= 15 is 0 Å². The Balaban J connectivity index is 2.26. The van der Waals surface area contributed by atoms with E-state index in [0.717, 1.165) is 38.5 Å². The summed E-state index contributed by atoms with van der Waals surface area (Å²) in [4.78, 5) is 12.7. The van der Waals surface area contributed by atoms with E-state index in [1.807, 2.05) is 0 Å². The van der Waals surface area contributed by atoms with Crippen LogP contribution >= 0.6 is 0 Å². The van der Waals surface area contributed by atoms with Crippen LogP contribution in [-0.4, -0.2) is 63.2 Å². The maximum Gasteiger partial charge on any atom is 0.306 e. The smallest absolute Gasteiger partial charge is 0.306 e. The molecule has 0 spiro atoms. The number of carbonyl (C=O) groups is 1. The molecule has 0 aliphatic carbocycles. The van der Waals surface area contributed by atoms with Gasteiger partial charge in [0.25, 0.3) is 0 Å². The highest BCUT2D eigenvalue weighted by Crippen LogP contribution is 2.27. The molecule has 1 fully saturated rings. The third kappa shape index (κ3) is 21.7. The average molecular weight is 643 g/mol. The van der Waals surface area contributed by atoms with Crippen molar-refractivity contribution in [2.75, 3.05) is 0 Å². The highest BCUT2D eigenvalue weighted by molar-refractivity contribution is 5.69. The van der Waals surface area contributed by atoms with E-state index < -0.39 is 36.8 Å². The molecule has 1 rings (SSSR count). The van der Waals surface area contributed by atoms with Crippen molar-refractivity contribution < 1.29 is 34.7 Å². The molecule has 45 heavy (non-hydrogen) atoms. The monoisotopic (exact) mass is 643 g/mol. The molecular weight excluding hydrogens is 568 g/mol. The number of hydrogen-bond acceptors (Lipinski definition) is 7. The highest BCUT2D eigenvalue weighted by atomic mass is 16.7. The first kappa shape index (κ1) is 42.3. The van der Waals surface area contributed by atoms with Gasteiger partial charge in [-0.2, -0.15) is 0 Å². The molecule has 4 N–H and O–H groups in total. The van der Waals surface area contributed by atoms with Crippen LogP contribution in [0.25, 0.3) is 0 Å². The molecule has 0 amide bonds. The van der Waals surface area contributed by atoms with Crippen molar-refractivity contribution in [3.8, 4) is 0 Å². The molecule has 268 valence electrons. The van der Waals surface area contributed by atoms with Crippen molar-refractivity contribution in [2.45, 2.75) is 237 Å². The first-order chi connectivity index (χ1) is 21.9. The van der Waals surface area contributed by atoms with Gasteiger partial charge in [-0.05, 0) is 19.3 Å².